The smallest absolute Gasteiger partial charge is 0.332 e. The molecule has 0 fully saturated rings. The molecule has 0 saturated heterocycles. The number of carbonyl (C=O) groups is 2. The van der Waals surface area contributed by atoms with Gasteiger partial charge in [0.2, 0.25) is 0 Å². The number of nitrogens with zero attached hydrogens (tertiary/aromatic N) is 1. The summed E-state index contributed by atoms with van der Waals surface area (Å²) in [6.45, 7) is 9.38. The van der Waals surface area contributed by atoms with Gasteiger partial charge >= 0.3 is 13.6 Å². The van der Waals surface area contributed by atoms with Crippen LogP contribution < -0.4 is 4.74 Å². The highest BCUT2D eigenvalue weighted by Crippen LogP contribution is 2.48. The molecule has 0 saturated carbocycles. The first-order valence-electron chi connectivity index (χ1n) is 9.73. The van der Waals surface area contributed by atoms with Crippen LogP contribution >= 0.6 is 19.4 Å². The van der Waals surface area contributed by atoms with E-state index in [0.29, 0.717) is 10.7 Å². The van der Waals surface area contributed by atoms with Gasteiger partial charge in [0.15, 0.2) is 0 Å². The average molecular weight is 453 g/mol. The summed E-state index contributed by atoms with van der Waals surface area (Å²) in [6.07, 6.45) is 3.59. The van der Waals surface area contributed by atoms with E-state index in [-0.39, 0.29) is 37.8 Å². The SMILES string of the molecule is CCOP(=O)(CCN1C=CSC(=Cc2cc(C)c(OC(C)=O)c(C)c2)C1=O)OCC. The Bertz CT molecular complexity index is 878. The van der Waals surface area contributed by atoms with Crippen molar-refractivity contribution in [1.29, 1.82) is 0 Å². The summed E-state index contributed by atoms with van der Waals surface area (Å²) in [4.78, 5) is 26.2. The number of esters is 1. The van der Waals surface area contributed by atoms with Gasteiger partial charge in [-0.05, 0) is 68.0 Å². The maximum absolute atomic E-state index is 12.9. The largest absolute Gasteiger partial charge is 0.426 e. The molecule has 2 rings (SSSR count). The van der Waals surface area contributed by atoms with Crippen LogP contribution in [0.5, 0.6) is 5.75 Å². The van der Waals surface area contributed by atoms with Gasteiger partial charge in [-0.25, -0.2) is 0 Å². The second-order valence-electron chi connectivity index (χ2n) is 6.66. The van der Waals surface area contributed by atoms with Gasteiger partial charge in [-0.15, -0.1) is 0 Å². The molecule has 0 spiro atoms. The molecule has 1 aliphatic rings. The number of ether oxygens (including phenoxy) is 1. The maximum Gasteiger partial charge on any atom is 0.332 e. The molecule has 0 N–H and O–H groups in total. The van der Waals surface area contributed by atoms with E-state index in [1.54, 1.807) is 26.1 Å². The number of hydrogen-bond acceptors (Lipinski definition) is 7. The lowest BCUT2D eigenvalue weighted by Crippen LogP contribution is -2.31. The highest BCUT2D eigenvalue weighted by molar-refractivity contribution is 8.06. The Kier molecular flexibility index (Phi) is 8.92. The lowest BCUT2D eigenvalue weighted by Gasteiger charge is -2.25. The summed E-state index contributed by atoms with van der Waals surface area (Å²) in [5.41, 5.74) is 2.46. The Hall–Kier alpha value is -1.86. The van der Waals surface area contributed by atoms with E-state index in [4.69, 9.17) is 13.8 Å². The van der Waals surface area contributed by atoms with Crippen LogP contribution in [0.25, 0.3) is 6.08 Å². The fourth-order valence-corrected chi connectivity index (χ4v) is 5.38. The normalized spacial score (nSPS) is 15.7. The topological polar surface area (TPSA) is 82.1 Å². The predicted molar refractivity (Wildman–Crippen MR) is 119 cm³/mol. The Morgan fingerprint density at radius 3 is 2.30 bits per heavy atom. The summed E-state index contributed by atoms with van der Waals surface area (Å²) in [7, 11) is -3.22. The highest BCUT2D eigenvalue weighted by Gasteiger charge is 2.27. The van der Waals surface area contributed by atoms with E-state index in [1.807, 2.05) is 31.4 Å². The number of rotatable bonds is 9. The van der Waals surface area contributed by atoms with Gasteiger partial charge in [0, 0.05) is 19.7 Å². The molecule has 30 heavy (non-hydrogen) atoms. The van der Waals surface area contributed by atoms with Crippen LogP contribution in [0, 0.1) is 13.8 Å². The summed E-state index contributed by atoms with van der Waals surface area (Å²) < 4.78 is 28.5. The van der Waals surface area contributed by atoms with Crippen molar-refractivity contribution in [2.24, 2.45) is 0 Å². The molecule has 1 aromatic carbocycles. The monoisotopic (exact) mass is 453 g/mol. The first-order valence-corrected chi connectivity index (χ1v) is 12.3. The molecule has 0 atom stereocenters. The van der Waals surface area contributed by atoms with Crippen molar-refractivity contribution in [3.05, 3.63) is 45.3 Å². The third-order valence-corrected chi connectivity index (χ3v) is 7.06. The van der Waals surface area contributed by atoms with Crippen LogP contribution in [0.1, 0.15) is 37.5 Å². The lowest BCUT2D eigenvalue weighted by atomic mass is 10.1. The zero-order valence-electron chi connectivity index (χ0n) is 18.0. The quantitative estimate of drug-likeness (QED) is 0.228. The minimum atomic E-state index is -3.22. The third kappa shape index (κ3) is 6.57. The Labute approximate surface area is 182 Å². The third-order valence-electron chi connectivity index (χ3n) is 4.20. The van der Waals surface area contributed by atoms with Gasteiger partial charge in [0.05, 0.1) is 24.3 Å². The standard InChI is InChI=1S/C21H28NO6PS/c1-6-26-29(25,27-7-2)10-8-22-9-11-30-19(21(22)24)14-18-12-15(3)20(16(4)13-18)28-17(5)23/h9,11-14H,6-8,10H2,1-5H3. The number of carbonyl (C=O) groups excluding carboxylic acids is 2. The zero-order chi connectivity index (χ0) is 22.3. The number of thioether (sulfide) groups is 1. The van der Waals surface area contributed by atoms with Crippen LogP contribution in [0.15, 0.2) is 28.6 Å². The maximum atomic E-state index is 12.9. The van der Waals surface area contributed by atoms with Crippen molar-refractivity contribution >= 4 is 37.3 Å². The molecule has 1 aromatic rings. The second kappa shape index (κ2) is 11.0. The van der Waals surface area contributed by atoms with Crippen LogP contribution in [-0.2, 0) is 23.2 Å². The molecule has 1 heterocycles. The molecule has 0 unspecified atom stereocenters. The van der Waals surface area contributed by atoms with E-state index >= 15 is 0 Å². The predicted octanol–water partition coefficient (Wildman–Crippen LogP) is 4.88. The van der Waals surface area contributed by atoms with Crippen molar-refractivity contribution in [2.45, 2.75) is 34.6 Å². The van der Waals surface area contributed by atoms with Crippen LogP contribution in [-0.4, -0.2) is 42.7 Å². The number of hydrogen-bond donors (Lipinski definition) is 0. The minimum absolute atomic E-state index is 0.123. The average Bonchev–Trinajstić information content (AvgIpc) is 2.66. The van der Waals surface area contributed by atoms with Gasteiger partial charge in [0.25, 0.3) is 5.91 Å². The molecular formula is C21H28NO6PS. The Morgan fingerprint density at radius 2 is 1.77 bits per heavy atom. The lowest BCUT2D eigenvalue weighted by molar-refractivity contribution is -0.132. The molecule has 0 aromatic heterocycles. The van der Waals surface area contributed by atoms with Crippen molar-refractivity contribution in [3.63, 3.8) is 0 Å². The molecule has 1 aliphatic heterocycles. The van der Waals surface area contributed by atoms with Crippen molar-refractivity contribution in [2.75, 3.05) is 25.9 Å². The highest BCUT2D eigenvalue weighted by atomic mass is 32.2. The van der Waals surface area contributed by atoms with Gasteiger partial charge in [0.1, 0.15) is 5.75 Å². The summed E-state index contributed by atoms with van der Waals surface area (Å²) >= 11 is 1.32. The molecule has 1 amide bonds. The molecule has 0 bridgehead atoms. The first-order chi connectivity index (χ1) is 14.2. The van der Waals surface area contributed by atoms with Crippen LogP contribution in [0.3, 0.4) is 0 Å². The van der Waals surface area contributed by atoms with Gasteiger partial charge in [-0.1, -0.05) is 11.8 Å². The van der Waals surface area contributed by atoms with E-state index in [9.17, 15) is 14.2 Å². The second-order valence-corrected chi connectivity index (χ2v) is 9.79. The molecule has 0 aliphatic carbocycles. The van der Waals surface area contributed by atoms with Crippen molar-refractivity contribution in [3.8, 4) is 5.75 Å². The van der Waals surface area contributed by atoms with Gasteiger partial charge in [-0.2, -0.15) is 0 Å². The van der Waals surface area contributed by atoms with Gasteiger partial charge < -0.3 is 18.7 Å². The summed E-state index contributed by atoms with van der Waals surface area (Å²) in [5, 5.41) is 1.81. The van der Waals surface area contributed by atoms with Crippen molar-refractivity contribution in [1.82, 2.24) is 4.90 Å². The number of amides is 1. The van der Waals surface area contributed by atoms with E-state index in [0.717, 1.165) is 16.7 Å². The summed E-state index contributed by atoms with van der Waals surface area (Å²) in [5.74, 6) is -0.0136. The van der Waals surface area contributed by atoms with Crippen LogP contribution in [0.4, 0.5) is 0 Å². The number of aryl methyl sites for hydroxylation is 2. The fourth-order valence-electron chi connectivity index (χ4n) is 3.02. The molecule has 9 heteroatoms. The number of benzene rings is 1. The van der Waals surface area contributed by atoms with E-state index in [1.165, 1.54) is 23.6 Å². The fraction of sp³-hybridized carbons (Fsp3) is 0.429. The van der Waals surface area contributed by atoms with Crippen molar-refractivity contribution < 1.29 is 27.9 Å². The van der Waals surface area contributed by atoms with E-state index in [2.05, 4.69) is 0 Å². The molecular weight excluding hydrogens is 425 g/mol. The Morgan fingerprint density at radius 1 is 1.17 bits per heavy atom. The molecule has 164 valence electrons. The zero-order valence-corrected chi connectivity index (χ0v) is 19.7. The Balaban J connectivity index is 2.17. The minimum Gasteiger partial charge on any atom is -0.426 e. The van der Waals surface area contributed by atoms with Crippen LogP contribution in [0.2, 0.25) is 0 Å². The van der Waals surface area contributed by atoms with E-state index < -0.39 is 7.60 Å². The first kappa shape index (κ1) is 24.4. The molecule has 7 nitrogen and oxygen atoms in total. The summed E-state index contributed by atoms with van der Waals surface area (Å²) in [6, 6.07) is 3.74. The molecule has 0 radical (unpaired) electrons. The van der Waals surface area contributed by atoms with Gasteiger partial charge in [-0.3, -0.25) is 14.2 Å².